The summed E-state index contributed by atoms with van der Waals surface area (Å²) in [6, 6.07) is 2.95. The van der Waals surface area contributed by atoms with Crippen molar-refractivity contribution in [2.45, 2.75) is 31.3 Å². The van der Waals surface area contributed by atoms with Crippen LogP contribution in [0.5, 0.6) is 0 Å². The number of rotatable bonds is 8. The van der Waals surface area contributed by atoms with E-state index in [9.17, 15) is 33.3 Å². The van der Waals surface area contributed by atoms with E-state index >= 15 is 0 Å². The van der Waals surface area contributed by atoms with Crippen molar-refractivity contribution in [1.82, 2.24) is 4.72 Å². The summed E-state index contributed by atoms with van der Waals surface area (Å²) in [6.07, 6.45) is -6.23. The molecule has 11 nitrogen and oxygen atoms in total. The highest BCUT2D eigenvalue weighted by Crippen LogP contribution is 2.20. The third-order valence-corrected chi connectivity index (χ3v) is 4.62. The molecule has 154 valence electrons. The molecule has 0 unspecified atom stereocenters. The number of ketones is 1. The van der Waals surface area contributed by atoms with Crippen molar-refractivity contribution in [3.8, 4) is 0 Å². The number of hydrogen-bond donors (Lipinski definition) is 6. The SMILES string of the molecule is Cc1cc(=O)oc2cc(C(=O)[C@H](NS(=O)(=O)O)[C@@H](O)[C@H](O)[C@H](O)CO)ccc12. The van der Waals surface area contributed by atoms with Gasteiger partial charge in [-0.25, -0.2) is 4.79 Å². The van der Waals surface area contributed by atoms with Gasteiger partial charge in [-0.2, -0.15) is 13.1 Å². The first kappa shape index (κ1) is 22.1. The first-order valence-corrected chi connectivity index (χ1v) is 9.37. The maximum atomic E-state index is 12.7. The highest BCUT2D eigenvalue weighted by molar-refractivity contribution is 7.83. The highest BCUT2D eigenvalue weighted by atomic mass is 32.2. The molecular weight excluding hydrogens is 398 g/mol. The molecule has 0 saturated carbocycles. The predicted molar refractivity (Wildman–Crippen MR) is 95.1 cm³/mol. The van der Waals surface area contributed by atoms with Crippen molar-refractivity contribution < 1.29 is 42.6 Å². The first-order valence-electron chi connectivity index (χ1n) is 7.93. The van der Waals surface area contributed by atoms with E-state index in [1.165, 1.54) is 22.9 Å². The number of carbonyl (C=O) groups is 1. The Labute approximate surface area is 158 Å². The lowest BCUT2D eigenvalue weighted by molar-refractivity contribution is -0.0813. The van der Waals surface area contributed by atoms with Crippen LogP contribution in [-0.4, -0.2) is 70.1 Å². The van der Waals surface area contributed by atoms with Crippen LogP contribution >= 0.6 is 0 Å². The summed E-state index contributed by atoms with van der Waals surface area (Å²) in [5, 5.41) is 38.7. The van der Waals surface area contributed by atoms with E-state index in [1.54, 1.807) is 6.92 Å². The number of aliphatic hydroxyl groups is 4. The van der Waals surface area contributed by atoms with E-state index in [4.69, 9.17) is 14.1 Å². The highest BCUT2D eigenvalue weighted by Gasteiger charge is 2.38. The lowest BCUT2D eigenvalue weighted by Gasteiger charge is -2.27. The van der Waals surface area contributed by atoms with Crippen LogP contribution in [0.2, 0.25) is 0 Å². The fraction of sp³-hybridized carbons (Fsp3) is 0.375. The lowest BCUT2D eigenvalue weighted by atomic mass is 9.94. The minimum absolute atomic E-state index is 0.0203. The second kappa shape index (κ2) is 8.45. The second-order valence-corrected chi connectivity index (χ2v) is 7.31. The second-order valence-electron chi connectivity index (χ2n) is 6.13. The van der Waals surface area contributed by atoms with Gasteiger partial charge in [-0.05, 0) is 18.6 Å². The minimum atomic E-state index is -5.00. The number of hydrogen-bond acceptors (Lipinski definition) is 9. The summed E-state index contributed by atoms with van der Waals surface area (Å²) in [5.74, 6) is -1.10. The number of carbonyl (C=O) groups excluding carboxylic acids is 1. The van der Waals surface area contributed by atoms with Crippen LogP contribution in [0.25, 0.3) is 11.0 Å². The Morgan fingerprint density at radius 1 is 1.18 bits per heavy atom. The predicted octanol–water partition coefficient (Wildman–Crippen LogP) is -1.88. The number of aliphatic hydroxyl groups excluding tert-OH is 4. The van der Waals surface area contributed by atoms with Crippen LogP contribution < -0.4 is 10.3 Å². The van der Waals surface area contributed by atoms with Crippen LogP contribution in [-0.2, 0) is 10.3 Å². The van der Waals surface area contributed by atoms with Gasteiger partial charge in [-0.1, -0.05) is 12.1 Å². The Morgan fingerprint density at radius 3 is 2.39 bits per heavy atom. The summed E-state index contributed by atoms with van der Waals surface area (Å²) in [4.78, 5) is 24.2. The van der Waals surface area contributed by atoms with Gasteiger partial charge in [0.05, 0.1) is 6.61 Å². The van der Waals surface area contributed by atoms with E-state index in [0.717, 1.165) is 6.07 Å². The standard InChI is InChI=1S/C16H19NO10S/c1-7-4-12(20)27-11-5-8(2-3-9(7)11)14(21)13(17-28(24,25)26)16(23)15(22)10(19)6-18/h2-5,10,13,15-19,22-23H,6H2,1H3,(H,24,25,26)/t10-,13+,15-,16-/m1/s1. The molecule has 0 aliphatic carbocycles. The minimum Gasteiger partial charge on any atom is -0.423 e. The van der Waals surface area contributed by atoms with Crippen molar-refractivity contribution in [2.24, 2.45) is 0 Å². The topological polar surface area (TPSA) is 195 Å². The zero-order chi connectivity index (χ0) is 21.2. The Hall–Kier alpha value is -2.19. The summed E-state index contributed by atoms with van der Waals surface area (Å²) in [6.45, 7) is 0.658. The zero-order valence-electron chi connectivity index (χ0n) is 14.5. The van der Waals surface area contributed by atoms with Crippen LogP contribution in [0.4, 0.5) is 0 Å². The van der Waals surface area contributed by atoms with Gasteiger partial charge in [0.1, 0.15) is 29.9 Å². The molecule has 0 radical (unpaired) electrons. The molecule has 12 heteroatoms. The van der Waals surface area contributed by atoms with Crippen molar-refractivity contribution in [3.05, 3.63) is 45.8 Å². The van der Waals surface area contributed by atoms with Gasteiger partial charge >= 0.3 is 15.9 Å². The monoisotopic (exact) mass is 417 g/mol. The molecule has 28 heavy (non-hydrogen) atoms. The van der Waals surface area contributed by atoms with Crippen LogP contribution in [0.1, 0.15) is 15.9 Å². The average molecular weight is 417 g/mol. The maximum Gasteiger partial charge on any atom is 0.336 e. The summed E-state index contributed by atoms with van der Waals surface area (Å²) in [5.41, 5.74) is -0.304. The van der Waals surface area contributed by atoms with Crippen LogP contribution in [0.15, 0.2) is 33.5 Å². The first-order chi connectivity index (χ1) is 12.9. The molecule has 2 aromatic rings. The molecule has 1 aromatic carbocycles. The molecule has 1 heterocycles. The molecule has 0 fully saturated rings. The summed E-state index contributed by atoms with van der Waals surface area (Å²) >= 11 is 0. The van der Waals surface area contributed by atoms with E-state index in [0.29, 0.717) is 10.9 Å². The number of aryl methyl sites for hydroxylation is 1. The summed E-state index contributed by atoms with van der Waals surface area (Å²) < 4.78 is 37.8. The van der Waals surface area contributed by atoms with Crippen molar-refractivity contribution >= 4 is 27.1 Å². The number of benzene rings is 1. The Morgan fingerprint density at radius 2 is 1.82 bits per heavy atom. The van der Waals surface area contributed by atoms with E-state index in [1.807, 2.05) is 0 Å². The third kappa shape index (κ3) is 4.99. The molecule has 6 N–H and O–H groups in total. The average Bonchev–Trinajstić information content (AvgIpc) is 2.62. The maximum absolute atomic E-state index is 12.7. The number of fused-ring (bicyclic) bond motifs is 1. The molecule has 4 atom stereocenters. The van der Waals surface area contributed by atoms with E-state index in [-0.39, 0.29) is 11.1 Å². The number of nitrogens with one attached hydrogen (secondary N) is 1. The van der Waals surface area contributed by atoms with Gasteiger partial charge < -0.3 is 24.8 Å². The van der Waals surface area contributed by atoms with Crippen LogP contribution in [0.3, 0.4) is 0 Å². The Kier molecular flexibility index (Phi) is 6.67. The van der Waals surface area contributed by atoms with Crippen molar-refractivity contribution in [3.63, 3.8) is 0 Å². The molecular formula is C16H19NO10S. The van der Waals surface area contributed by atoms with Gasteiger partial charge in [0.2, 0.25) is 0 Å². The molecule has 0 bridgehead atoms. The lowest BCUT2D eigenvalue weighted by Crippen LogP contribution is -2.56. The fourth-order valence-corrected chi connectivity index (χ4v) is 3.20. The third-order valence-electron chi connectivity index (χ3n) is 4.07. The van der Waals surface area contributed by atoms with Gasteiger partial charge in [0.25, 0.3) is 0 Å². The zero-order valence-corrected chi connectivity index (χ0v) is 15.3. The van der Waals surface area contributed by atoms with Gasteiger partial charge in [-0.3, -0.25) is 9.35 Å². The van der Waals surface area contributed by atoms with E-state index in [2.05, 4.69) is 0 Å². The molecule has 0 amide bonds. The molecule has 0 saturated heterocycles. The van der Waals surface area contributed by atoms with Gasteiger partial charge in [-0.15, -0.1) is 0 Å². The fourth-order valence-electron chi connectivity index (χ4n) is 2.63. The molecule has 2 rings (SSSR count). The van der Waals surface area contributed by atoms with Crippen molar-refractivity contribution in [1.29, 1.82) is 0 Å². The van der Waals surface area contributed by atoms with E-state index < -0.39 is 52.7 Å². The van der Waals surface area contributed by atoms with Crippen molar-refractivity contribution in [2.75, 3.05) is 6.61 Å². The molecule has 1 aromatic heterocycles. The van der Waals surface area contributed by atoms with Crippen LogP contribution in [0, 0.1) is 6.92 Å². The Bertz CT molecular complexity index is 1030. The number of Topliss-reactive ketones (excluding diaryl/α,β-unsaturated/α-hetero) is 1. The largest absolute Gasteiger partial charge is 0.423 e. The Balaban J connectivity index is 2.49. The summed E-state index contributed by atoms with van der Waals surface area (Å²) in [7, 11) is -5.00. The molecule has 0 aliphatic heterocycles. The quantitative estimate of drug-likeness (QED) is 0.161. The molecule has 0 spiro atoms. The molecule has 0 aliphatic rings. The normalized spacial score (nSPS) is 16.5. The van der Waals surface area contributed by atoms with Gasteiger partial charge in [0, 0.05) is 17.0 Å². The smallest absolute Gasteiger partial charge is 0.336 e. The van der Waals surface area contributed by atoms with Gasteiger partial charge in [0.15, 0.2) is 5.78 Å².